The van der Waals surface area contributed by atoms with E-state index in [-0.39, 0.29) is 6.04 Å². The van der Waals surface area contributed by atoms with Gasteiger partial charge in [-0.25, -0.2) is 0 Å². The van der Waals surface area contributed by atoms with Crippen molar-refractivity contribution in [2.75, 3.05) is 27.9 Å². The average molecular weight is 311 g/mol. The summed E-state index contributed by atoms with van der Waals surface area (Å²) in [6.07, 6.45) is 1.62. The molecule has 7 heteroatoms. The number of hydrazone groups is 1. The number of ether oxygens (including phenoxy) is 3. The first kappa shape index (κ1) is 17.2. The van der Waals surface area contributed by atoms with Gasteiger partial charge in [-0.05, 0) is 31.3 Å². The van der Waals surface area contributed by atoms with Gasteiger partial charge in [-0.2, -0.15) is 5.10 Å². The van der Waals surface area contributed by atoms with Gasteiger partial charge in [0.15, 0.2) is 16.6 Å². The zero-order valence-electron chi connectivity index (χ0n) is 12.7. The standard InChI is InChI=1S/C14H21N3O3S/c1-10(9-18-2)16-14(21)17-15-8-11-6-5-7-12(19-3)13(11)20-4/h5-8,10H,9H2,1-4H3,(H2,16,17,21)/b15-8-/t10-/m0/s1. The largest absolute Gasteiger partial charge is 0.493 e. The van der Waals surface area contributed by atoms with Gasteiger partial charge in [0.25, 0.3) is 0 Å². The molecule has 0 heterocycles. The molecule has 1 rings (SSSR count). The SMILES string of the molecule is COC[C@H](C)NC(=S)N/N=C\c1cccc(OC)c1OC. The molecule has 0 bridgehead atoms. The maximum absolute atomic E-state index is 5.31. The summed E-state index contributed by atoms with van der Waals surface area (Å²) in [5, 5.41) is 7.56. The Labute approximate surface area is 130 Å². The topological polar surface area (TPSA) is 64.1 Å². The highest BCUT2D eigenvalue weighted by Crippen LogP contribution is 2.29. The normalized spacial score (nSPS) is 12.0. The lowest BCUT2D eigenvalue weighted by Gasteiger charge is -2.14. The number of hydrogen-bond acceptors (Lipinski definition) is 5. The molecule has 0 unspecified atom stereocenters. The van der Waals surface area contributed by atoms with Gasteiger partial charge in [-0.3, -0.25) is 5.43 Å². The van der Waals surface area contributed by atoms with E-state index in [2.05, 4.69) is 15.8 Å². The van der Waals surface area contributed by atoms with Crippen LogP contribution >= 0.6 is 12.2 Å². The Morgan fingerprint density at radius 1 is 1.33 bits per heavy atom. The van der Waals surface area contributed by atoms with Crippen LogP contribution in [-0.2, 0) is 4.74 Å². The van der Waals surface area contributed by atoms with E-state index in [1.807, 2.05) is 25.1 Å². The number of thiocarbonyl (C=S) groups is 1. The smallest absolute Gasteiger partial charge is 0.187 e. The average Bonchev–Trinajstić information content (AvgIpc) is 2.46. The van der Waals surface area contributed by atoms with Crippen molar-refractivity contribution in [1.29, 1.82) is 0 Å². The molecule has 0 aliphatic carbocycles. The quantitative estimate of drug-likeness (QED) is 0.452. The monoisotopic (exact) mass is 311 g/mol. The second kappa shape index (κ2) is 9.15. The van der Waals surface area contributed by atoms with Crippen molar-refractivity contribution in [2.24, 2.45) is 5.10 Å². The molecule has 0 radical (unpaired) electrons. The minimum Gasteiger partial charge on any atom is -0.493 e. The van der Waals surface area contributed by atoms with Crippen LogP contribution in [0.3, 0.4) is 0 Å². The second-order valence-corrected chi connectivity index (χ2v) is 4.69. The number of benzene rings is 1. The summed E-state index contributed by atoms with van der Waals surface area (Å²) >= 11 is 5.12. The Kier molecular flexibility index (Phi) is 7.49. The van der Waals surface area contributed by atoms with Crippen LogP contribution in [0, 0.1) is 0 Å². The molecule has 0 aliphatic heterocycles. The van der Waals surface area contributed by atoms with Crippen molar-refractivity contribution >= 4 is 23.5 Å². The summed E-state index contributed by atoms with van der Waals surface area (Å²) in [5.41, 5.74) is 3.54. The number of para-hydroxylation sites is 1. The van der Waals surface area contributed by atoms with E-state index in [4.69, 9.17) is 26.4 Å². The fraction of sp³-hybridized carbons (Fsp3) is 0.429. The molecule has 1 aromatic carbocycles. The van der Waals surface area contributed by atoms with E-state index in [1.165, 1.54) is 0 Å². The van der Waals surface area contributed by atoms with E-state index in [1.54, 1.807) is 27.5 Å². The lowest BCUT2D eigenvalue weighted by atomic mass is 10.2. The predicted molar refractivity (Wildman–Crippen MR) is 87.3 cm³/mol. The van der Waals surface area contributed by atoms with Gasteiger partial charge in [0.1, 0.15) is 0 Å². The van der Waals surface area contributed by atoms with E-state index < -0.39 is 0 Å². The van der Waals surface area contributed by atoms with Crippen molar-refractivity contribution in [3.63, 3.8) is 0 Å². The van der Waals surface area contributed by atoms with Crippen molar-refractivity contribution < 1.29 is 14.2 Å². The van der Waals surface area contributed by atoms with Crippen LogP contribution in [0.2, 0.25) is 0 Å². The maximum atomic E-state index is 5.31. The highest BCUT2D eigenvalue weighted by atomic mass is 32.1. The molecule has 0 saturated carbocycles. The Morgan fingerprint density at radius 2 is 2.10 bits per heavy atom. The third-order valence-corrected chi connectivity index (χ3v) is 2.81. The summed E-state index contributed by atoms with van der Waals surface area (Å²) in [5.74, 6) is 1.27. The number of rotatable bonds is 7. The summed E-state index contributed by atoms with van der Waals surface area (Å²) in [7, 11) is 4.82. The van der Waals surface area contributed by atoms with Crippen molar-refractivity contribution in [1.82, 2.24) is 10.7 Å². The maximum Gasteiger partial charge on any atom is 0.187 e. The molecular formula is C14H21N3O3S. The van der Waals surface area contributed by atoms with Gasteiger partial charge in [0, 0.05) is 18.7 Å². The van der Waals surface area contributed by atoms with Crippen LogP contribution in [0.5, 0.6) is 11.5 Å². The Balaban J connectivity index is 2.63. The molecule has 0 fully saturated rings. The minimum absolute atomic E-state index is 0.108. The number of methoxy groups -OCH3 is 3. The number of nitrogens with one attached hydrogen (secondary N) is 2. The molecule has 1 aromatic rings. The summed E-state index contributed by atoms with van der Waals surface area (Å²) in [4.78, 5) is 0. The van der Waals surface area contributed by atoms with Gasteiger partial charge in [-0.1, -0.05) is 6.07 Å². The predicted octanol–water partition coefficient (Wildman–Crippen LogP) is 1.54. The molecule has 2 N–H and O–H groups in total. The molecule has 1 atom stereocenters. The molecule has 116 valence electrons. The molecule has 21 heavy (non-hydrogen) atoms. The van der Waals surface area contributed by atoms with Crippen LogP contribution in [-0.4, -0.2) is 45.3 Å². The van der Waals surface area contributed by atoms with E-state index in [9.17, 15) is 0 Å². The zero-order valence-corrected chi connectivity index (χ0v) is 13.5. The summed E-state index contributed by atoms with van der Waals surface area (Å²) in [6.45, 7) is 2.53. The highest BCUT2D eigenvalue weighted by molar-refractivity contribution is 7.80. The summed E-state index contributed by atoms with van der Waals surface area (Å²) < 4.78 is 15.6. The third kappa shape index (κ3) is 5.57. The molecule has 6 nitrogen and oxygen atoms in total. The van der Waals surface area contributed by atoms with Crippen molar-refractivity contribution in [2.45, 2.75) is 13.0 Å². The lowest BCUT2D eigenvalue weighted by Crippen LogP contribution is -2.40. The Bertz CT molecular complexity index is 494. The zero-order chi connectivity index (χ0) is 15.7. The first-order chi connectivity index (χ1) is 10.1. The molecule has 0 amide bonds. The van der Waals surface area contributed by atoms with Crippen LogP contribution in [0.25, 0.3) is 0 Å². The van der Waals surface area contributed by atoms with Crippen molar-refractivity contribution in [3.05, 3.63) is 23.8 Å². The summed E-state index contributed by atoms with van der Waals surface area (Å²) in [6, 6.07) is 5.66. The highest BCUT2D eigenvalue weighted by Gasteiger charge is 2.07. The van der Waals surface area contributed by atoms with Crippen LogP contribution in [0.4, 0.5) is 0 Å². The minimum atomic E-state index is 0.108. The van der Waals surface area contributed by atoms with Crippen LogP contribution < -0.4 is 20.2 Å². The van der Waals surface area contributed by atoms with Crippen molar-refractivity contribution in [3.8, 4) is 11.5 Å². The Morgan fingerprint density at radius 3 is 2.71 bits per heavy atom. The second-order valence-electron chi connectivity index (χ2n) is 4.28. The van der Waals surface area contributed by atoms with Gasteiger partial charge in [-0.15, -0.1) is 0 Å². The molecular weight excluding hydrogens is 290 g/mol. The fourth-order valence-corrected chi connectivity index (χ4v) is 1.98. The first-order valence-electron chi connectivity index (χ1n) is 6.41. The van der Waals surface area contributed by atoms with Crippen LogP contribution in [0.1, 0.15) is 12.5 Å². The molecule has 0 saturated heterocycles. The lowest BCUT2D eigenvalue weighted by molar-refractivity contribution is 0.179. The third-order valence-electron chi connectivity index (χ3n) is 2.60. The van der Waals surface area contributed by atoms with E-state index in [0.717, 1.165) is 5.56 Å². The number of hydrogen-bond donors (Lipinski definition) is 2. The van der Waals surface area contributed by atoms with Crippen LogP contribution in [0.15, 0.2) is 23.3 Å². The van der Waals surface area contributed by atoms with E-state index in [0.29, 0.717) is 23.2 Å². The molecule has 0 spiro atoms. The molecule has 0 aliphatic rings. The number of nitrogens with zero attached hydrogens (tertiary/aromatic N) is 1. The van der Waals surface area contributed by atoms with Gasteiger partial charge in [0.05, 0.1) is 27.0 Å². The Hall–Kier alpha value is -1.86. The molecule has 0 aromatic heterocycles. The fourth-order valence-electron chi connectivity index (χ4n) is 1.72. The van der Waals surface area contributed by atoms with Gasteiger partial charge in [0.2, 0.25) is 0 Å². The van der Waals surface area contributed by atoms with E-state index >= 15 is 0 Å². The van der Waals surface area contributed by atoms with Gasteiger partial charge >= 0.3 is 0 Å². The van der Waals surface area contributed by atoms with Gasteiger partial charge < -0.3 is 19.5 Å². The first-order valence-corrected chi connectivity index (χ1v) is 6.82.